The first-order valence-electron chi connectivity index (χ1n) is 13.2. The summed E-state index contributed by atoms with van der Waals surface area (Å²) in [4.78, 5) is 38.3. The van der Waals surface area contributed by atoms with Gasteiger partial charge in [0.15, 0.2) is 0 Å². The number of non-ortho nitro benzene ring substituents is 1. The molecular formula is C26H35N5O4. The Kier molecular flexibility index (Phi) is 5.70. The number of nitro benzene ring substituents is 1. The van der Waals surface area contributed by atoms with Crippen LogP contribution in [0.1, 0.15) is 64.2 Å². The zero-order valence-corrected chi connectivity index (χ0v) is 20.1. The van der Waals surface area contributed by atoms with Gasteiger partial charge in [-0.05, 0) is 94.1 Å². The van der Waals surface area contributed by atoms with Gasteiger partial charge in [0.2, 0.25) is 5.91 Å². The summed E-state index contributed by atoms with van der Waals surface area (Å²) in [6.45, 7) is 0.304. The van der Waals surface area contributed by atoms with Gasteiger partial charge in [-0.1, -0.05) is 0 Å². The molecule has 7 rings (SSSR count). The van der Waals surface area contributed by atoms with Crippen LogP contribution in [0.2, 0.25) is 0 Å². The summed E-state index contributed by atoms with van der Waals surface area (Å²) in [6.07, 6.45) is 11.4. The second-order valence-electron chi connectivity index (χ2n) is 11.9. The van der Waals surface area contributed by atoms with E-state index in [2.05, 4.69) is 20.9 Å². The highest BCUT2D eigenvalue weighted by molar-refractivity contribution is 5.92. The maximum atomic E-state index is 13.0. The van der Waals surface area contributed by atoms with Crippen molar-refractivity contribution < 1.29 is 14.5 Å². The van der Waals surface area contributed by atoms with Crippen LogP contribution in [0.3, 0.4) is 0 Å². The first-order valence-corrected chi connectivity index (χ1v) is 13.2. The van der Waals surface area contributed by atoms with Gasteiger partial charge in [0, 0.05) is 41.5 Å². The first-order chi connectivity index (χ1) is 16.8. The van der Waals surface area contributed by atoms with Crippen LogP contribution in [0.15, 0.2) is 24.3 Å². The van der Waals surface area contributed by atoms with E-state index in [1.54, 1.807) is 12.1 Å². The molecule has 2 aliphatic heterocycles. The van der Waals surface area contributed by atoms with Gasteiger partial charge in [-0.3, -0.25) is 19.8 Å². The average Bonchev–Trinajstić information content (AvgIpc) is 3.00. The lowest BCUT2D eigenvalue weighted by atomic mass is 9.53. The molecule has 188 valence electrons. The number of anilines is 1. The number of carbonyl (C=O) groups excluding carboxylic acids is 2. The summed E-state index contributed by atoms with van der Waals surface area (Å²) in [5.74, 6) is 2.30. The number of nitrogens with zero attached hydrogens (tertiary/aromatic N) is 2. The summed E-state index contributed by atoms with van der Waals surface area (Å²) in [5, 5.41) is 20.4. The number of amides is 3. The Hall–Kier alpha value is -2.68. The number of rotatable bonds is 6. The Labute approximate surface area is 205 Å². The molecule has 1 aromatic rings. The van der Waals surface area contributed by atoms with Crippen LogP contribution in [0, 0.1) is 27.9 Å². The Balaban J connectivity index is 1.00. The summed E-state index contributed by atoms with van der Waals surface area (Å²) in [7, 11) is 0. The SMILES string of the molecule is O=C(CN1C2CCC1CC(NC(=O)NC13CC4CC(CC(C4)C1)C3)C2)Nc1ccc([N+](=O)[O-])cc1. The monoisotopic (exact) mass is 481 g/mol. The number of hydrogen-bond acceptors (Lipinski definition) is 5. The third-order valence-electron chi connectivity index (χ3n) is 9.32. The Morgan fingerprint density at radius 3 is 2.06 bits per heavy atom. The van der Waals surface area contributed by atoms with Gasteiger partial charge in [-0.25, -0.2) is 4.79 Å². The van der Waals surface area contributed by atoms with Gasteiger partial charge in [0.1, 0.15) is 0 Å². The lowest BCUT2D eigenvalue weighted by Gasteiger charge is -2.56. The normalized spacial score (nSPS) is 37.1. The van der Waals surface area contributed by atoms with Crippen LogP contribution in [-0.2, 0) is 4.79 Å². The molecule has 9 nitrogen and oxygen atoms in total. The number of piperidine rings is 1. The van der Waals surface area contributed by atoms with Gasteiger partial charge < -0.3 is 16.0 Å². The molecule has 3 amide bonds. The largest absolute Gasteiger partial charge is 0.335 e. The van der Waals surface area contributed by atoms with Crippen LogP contribution < -0.4 is 16.0 Å². The molecule has 6 bridgehead atoms. The van der Waals surface area contributed by atoms with E-state index in [1.807, 2.05) is 0 Å². The van der Waals surface area contributed by atoms with Crippen LogP contribution in [0.5, 0.6) is 0 Å². The number of fused-ring (bicyclic) bond motifs is 2. The van der Waals surface area contributed by atoms with E-state index in [4.69, 9.17) is 0 Å². The third-order valence-corrected chi connectivity index (χ3v) is 9.32. The fraction of sp³-hybridized carbons (Fsp3) is 0.692. The van der Waals surface area contributed by atoms with Gasteiger partial charge in [-0.2, -0.15) is 0 Å². The number of nitrogens with one attached hydrogen (secondary N) is 3. The highest BCUT2D eigenvalue weighted by atomic mass is 16.6. The Morgan fingerprint density at radius 2 is 1.51 bits per heavy atom. The molecule has 0 spiro atoms. The zero-order chi connectivity index (χ0) is 24.2. The third kappa shape index (κ3) is 4.62. The summed E-state index contributed by atoms with van der Waals surface area (Å²) >= 11 is 0. The van der Waals surface area contributed by atoms with E-state index in [-0.39, 0.29) is 29.2 Å². The predicted octanol–water partition coefficient (Wildman–Crippen LogP) is 3.80. The topological polar surface area (TPSA) is 117 Å². The van der Waals surface area contributed by atoms with Gasteiger partial charge >= 0.3 is 6.03 Å². The molecule has 9 heteroatoms. The van der Waals surface area contributed by atoms with Crippen molar-refractivity contribution in [2.45, 2.75) is 87.9 Å². The van der Waals surface area contributed by atoms with E-state index >= 15 is 0 Å². The zero-order valence-electron chi connectivity index (χ0n) is 20.1. The maximum absolute atomic E-state index is 13.0. The quantitative estimate of drug-likeness (QED) is 0.422. The molecule has 0 aromatic heterocycles. The van der Waals surface area contributed by atoms with E-state index < -0.39 is 4.92 Å². The standard InChI is InChI=1S/C26H35N5O4/c32-24(27-19-1-3-21(4-2-19)31(34)35)15-30-22-5-6-23(30)11-20(10-22)28-25(33)29-26-12-16-7-17(13-26)9-18(8-16)14-26/h1-4,16-18,20,22-23H,5-15H2,(H,27,32)(H2,28,29,33). The van der Waals surface area contributed by atoms with Crippen molar-refractivity contribution in [3.63, 3.8) is 0 Å². The number of hydrogen-bond donors (Lipinski definition) is 3. The van der Waals surface area contributed by atoms with E-state index in [0.717, 1.165) is 62.7 Å². The molecule has 2 saturated heterocycles. The number of urea groups is 1. The van der Waals surface area contributed by atoms with Crippen molar-refractivity contribution in [2.24, 2.45) is 17.8 Å². The second kappa shape index (κ2) is 8.76. The molecule has 4 aliphatic carbocycles. The van der Waals surface area contributed by atoms with E-state index in [1.165, 1.54) is 31.4 Å². The summed E-state index contributed by atoms with van der Waals surface area (Å²) in [6, 6.07) is 6.64. The fourth-order valence-corrected chi connectivity index (χ4v) is 8.41. The fourth-order valence-electron chi connectivity index (χ4n) is 8.41. The van der Waals surface area contributed by atoms with Crippen molar-refractivity contribution in [3.05, 3.63) is 34.4 Å². The molecule has 2 heterocycles. The number of carbonyl (C=O) groups is 2. The molecule has 3 N–H and O–H groups in total. The smallest absolute Gasteiger partial charge is 0.315 e. The first kappa shape index (κ1) is 22.8. The van der Waals surface area contributed by atoms with Gasteiger partial charge in [-0.15, -0.1) is 0 Å². The maximum Gasteiger partial charge on any atom is 0.315 e. The second-order valence-corrected chi connectivity index (χ2v) is 11.9. The van der Waals surface area contributed by atoms with Gasteiger partial charge in [0.25, 0.3) is 5.69 Å². The van der Waals surface area contributed by atoms with E-state index in [0.29, 0.717) is 24.3 Å². The minimum Gasteiger partial charge on any atom is -0.335 e. The highest BCUT2D eigenvalue weighted by Gasteiger charge is 2.52. The lowest BCUT2D eigenvalue weighted by molar-refractivity contribution is -0.384. The van der Waals surface area contributed by atoms with Crippen LogP contribution >= 0.6 is 0 Å². The minimum absolute atomic E-state index is 0.000661. The molecule has 0 radical (unpaired) electrons. The predicted molar refractivity (Wildman–Crippen MR) is 131 cm³/mol. The van der Waals surface area contributed by atoms with Crippen LogP contribution in [0.25, 0.3) is 0 Å². The molecule has 2 atom stereocenters. The highest BCUT2D eigenvalue weighted by Crippen LogP contribution is 2.55. The minimum atomic E-state index is -0.453. The van der Waals surface area contributed by atoms with Crippen molar-refractivity contribution >= 4 is 23.3 Å². The van der Waals surface area contributed by atoms with Crippen molar-refractivity contribution in [3.8, 4) is 0 Å². The van der Waals surface area contributed by atoms with Crippen LogP contribution in [-0.4, -0.2) is 52.0 Å². The van der Waals surface area contributed by atoms with E-state index in [9.17, 15) is 19.7 Å². The molecule has 4 saturated carbocycles. The molecule has 1 aromatic carbocycles. The molecule has 35 heavy (non-hydrogen) atoms. The summed E-state index contributed by atoms with van der Waals surface area (Å²) < 4.78 is 0. The molecule has 6 fully saturated rings. The number of nitro groups is 1. The number of benzene rings is 1. The Bertz CT molecular complexity index is 962. The molecule has 2 unspecified atom stereocenters. The van der Waals surface area contributed by atoms with Gasteiger partial charge in [0.05, 0.1) is 11.5 Å². The average molecular weight is 482 g/mol. The van der Waals surface area contributed by atoms with Crippen molar-refractivity contribution in [2.75, 3.05) is 11.9 Å². The molecular weight excluding hydrogens is 446 g/mol. The summed E-state index contributed by atoms with van der Waals surface area (Å²) in [5.41, 5.74) is 0.586. The lowest BCUT2D eigenvalue weighted by Crippen LogP contribution is -2.63. The van der Waals surface area contributed by atoms with Crippen LogP contribution in [0.4, 0.5) is 16.2 Å². The van der Waals surface area contributed by atoms with Crippen molar-refractivity contribution in [1.29, 1.82) is 0 Å². The Morgan fingerprint density at radius 1 is 0.943 bits per heavy atom. The van der Waals surface area contributed by atoms with Crippen molar-refractivity contribution in [1.82, 2.24) is 15.5 Å². The molecule has 6 aliphatic rings.